The fourth-order valence-electron chi connectivity index (χ4n) is 1.81. The number of morpholine rings is 1. The summed E-state index contributed by atoms with van der Waals surface area (Å²) in [5.41, 5.74) is 0. The van der Waals surface area contributed by atoms with Crippen molar-refractivity contribution in [3.8, 4) is 0 Å². The lowest BCUT2D eigenvalue weighted by atomic mass is 10.3. The first-order valence-corrected chi connectivity index (χ1v) is 8.03. The van der Waals surface area contributed by atoms with Crippen molar-refractivity contribution in [1.82, 2.24) is 4.31 Å². The lowest BCUT2D eigenvalue weighted by Gasteiger charge is -2.31. The van der Waals surface area contributed by atoms with Gasteiger partial charge in [-0.3, -0.25) is 4.79 Å². The minimum absolute atomic E-state index is 0.0469. The molecule has 19 heavy (non-hydrogen) atoms. The molecule has 0 aliphatic carbocycles. The minimum atomic E-state index is -3.80. The molecule has 1 aliphatic rings. The molecule has 1 atom stereocenters. The average Bonchev–Trinajstić information content (AvgIpc) is 2.39. The van der Waals surface area contributed by atoms with Crippen LogP contribution in [-0.4, -0.2) is 49.6 Å². The summed E-state index contributed by atoms with van der Waals surface area (Å²) in [7, 11) is -3.80. The van der Waals surface area contributed by atoms with E-state index >= 15 is 0 Å². The van der Waals surface area contributed by atoms with Crippen LogP contribution < -0.4 is 0 Å². The van der Waals surface area contributed by atoms with Crippen LogP contribution in [0.15, 0.2) is 29.2 Å². The van der Waals surface area contributed by atoms with Crippen molar-refractivity contribution >= 4 is 38.6 Å². The quantitative estimate of drug-likeness (QED) is 0.762. The minimum Gasteiger partial charge on any atom is -0.480 e. The number of sulfonamides is 1. The molecule has 0 saturated carbocycles. The molecule has 1 aliphatic heterocycles. The van der Waals surface area contributed by atoms with Crippen molar-refractivity contribution in [2.75, 3.05) is 19.8 Å². The maximum atomic E-state index is 12.4. The van der Waals surface area contributed by atoms with E-state index in [1.165, 1.54) is 12.1 Å². The Morgan fingerprint density at radius 1 is 1.37 bits per heavy atom. The summed E-state index contributed by atoms with van der Waals surface area (Å²) in [6, 6.07) is 5.13. The molecule has 2 rings (SSSR count). The number of nitrogens with zero attached hydrogens (tertiary/aromatic N) is 1. The first-order valence-electron chi connectivity index (χ1n) is 5.51. The van der Waals surface area contributed by atoms with E-state index in [4.69, 9.17) is 9.84 Å². The number of ether oxygens (including phenoxy) is 1. The first kappa shape index (κ1) is 14.7. The van der Waals surface area contributed by atoms with E-state index in [0.717, 1.165) is 7.88 Å². The summed E-state index contributed by atoms with van der Waals surface area (Å²) >= 11 is 2.07. The van der Waals surface area contributed by atoms with Crippen LogP contribution in [0.4, 0.5) is 0 Å². The molecule has 1 aromatic rings. The number of carbonyl (C=O) groups is 1. The van der Waals surface area contributed by atoms with Crippen LogP contribution in [0.3, 0.4) is 0 Å². The van der Waals surface area contributed by atoms with E-state index < -0.39 is 22.0 Å². The Kier molecular flexibility index (Phi) is 4.43. The lowest BCUT2D eigenvalue weighted by Crippen LogP contribution is -2.52. The molecule has 1 fully saturated rings. The van der Waals surface area contributed by atoms with Crippen LogP contribution in [0, 0.1) is 3.57 Å². The van der Waals surface area contributed by atoms with Gasteiger partial charge in [-0.25, -0.2) is 8.42 Å². The zero-order valence-corrected chi connectivity index (χ0v) is 12.8. The second-order valence-corrected chi connectivity index (χ2v) is 7.13. The normalized spacial score (nSPS) is 21.2. The van der Waals surface area contributed by atoms with Gasteiger partial charge in [0.2, 0.25) is 10.0 Å². The van der Waals surface area contributed by atoms with Crippen molar-refractivity contribution < 1.29 is 23.1 Å². The molecule has 0 aromatic heterocycles. The van der Waals surface area contributed by atoms with Gasteiger partial charge in [0.25, 0.3) is 0 Å². The van der Waals surface area contributed by atoms with Crippen LogP contribution in [0.25, 0.3) is 0 Å². The predicted molar refractivity (Wildman–Crippen MR) is 75.3 cm³/mol. The van der Waals surface area contributed by atoms with Gasteiger partial charge in [0.1, 0.15) is 6.04 Å². The van der Waals surface area contributed by atoms with Gasteiger partial charge in [0, 0.05) is 10.1 Å². The summed E-state index contributed by atoms with van der Waals surface area (Å²) in [6.45, 7) is 0.123. The number of hydrogen-bond donors (Lipinski definition) is 1. The summed E-state index contributed by atoms with van der Waals surface area (Å²) in [5.74, 6) is -1.20. The van der Waals surface area contributed by atoms with Crippen LogP contribution in [0.5, 0.6) is 0 Å². The number of rotatable bonds is 3. The summed E-state index contributed by atoms with van der Waals surface area (Å²) < 4.78 is 31.8. The fourth-order valence-corrected chi connectivity index (χ4v) is 3.72. The molecule has 0 spiro atoms. The molecular formula is C11H12INO5S. The molecule has 1 saturated heterocycles. The molecule has 104 valence electrons. The Bertz CT molecular complexity index is 571. The van der Waals surface area contributed by atoms with E-state index in [0.29, 0.717) is 0 Å². The van der Waals surface area contributed by atoms with Gasteiger partial charge in [-0.1, -0.05) is 0 Å². The van der Waals surface area contributed by atoms with Gasteiger partial charge in [-0.15, -0.1) is 0 Å². The van der Waals surface area contributed by atoms with Crippen LogP contribution in [0.1, 0.15) is 0 Å². The second-order valence-electron chi connectivity index (χ2n) is 4.00. The standard InChI is InChI=1S/C11H12INO5S/c12-8-1-3-9(4-2-8)19(16,17)13-5-6-18-7-10(13)11(14)15/h1-4,10H,5-7H2,(H,14,15). The molecule has 0 amide bonds. The van der Waals surface area contributed by atoms with Gasteiger partial charge in [0.05, 0.1) is 18.1 Å². The highest BCUT2D eigenvalue weighted by Crippen LogP contribution is 2.21. The molecular weight excluding hydrogens is 385 g/mol. The third-order valence-electron chi connectivity index (χ3n) is 2.78. The molecule has 1 heterocycles. The first-order chi connectivity index (χ1) is 8.93. The van der Waals surface area contributed by atoms with E-state index in [1.54, 1.807) is 12.1 Å². The number of halogens is 1. The van der Waals surface area contributed by atoms with Gasteiger partial charge in [0.15, 0.2) is 0 Å². The number of benzene rings is 1. The Labute approximate surface area is 124 Å². The predicted octanol–water partition coefficient (Wildman–Crippen LogP) is 0.765. The summed E-state index contributed by atoms with van der Waals surface area (Å²) in [5, 5.41) is 9.08. The van der Waals surface area contributed by atoms with Crippen molar-refractivity contribution in [2.24, 2.45) is 0 Å². The maximum absolute atomic E-state index is 12.4. The second kappa shape index (κ2) is 5.73. The zero-order valence-electron chi connectivity index (χ0n) is 9.82. The average molecular weight is 397 g/mol. The zero-order chi connectivity index (χ0) is 14.0. The SMILES string of the molecule is O=C(O)C1COCCN1S(=O)(=O)c1ccc(I)cc1. The molecule has 0 radical (unpaired) electrons. The van der Waals surface area contributed by atoms with Crippen molar-refractivity contribution in [3.05, 3.63) is 27.8 Å². The molecule has 8 heteroatoms. The van der Waals surface area contributed by atoms with Gasteiger partial charge in [-0.05, 0) is 46.9 Å². The van der Waals surface area contributed by atoms with Gasteiger partial charge < -0.3 is 9.84 Å². The van der Waals surface area contributed by atoms with Crippen molar-refractivity contribution in [2.45, 2.75) is 10.9 Å². The van der Waals surface area contributed by atoms with Crippen molar-refractivity contribution in [1.29, 1.82) is 0 Å². The highest BCUT2D eigenvalue weighted by atomic mass is 127. The number of carboxylic acid groups (broad SMARTS) is 1. The third kappa shape index (κ3) is 3.07. The molecule has 6 nitrogen and oxygen atoms in total. The Morgan fingerprint density at radius 2 is 2.00 bits per heavy atom. The maximum Gasteiger partial charge on any atom is 0.324 e. The molecule has 1 aromatic carbocycles. The molecule has 1 unspecified atom stereocenters. The number of aliphatic carboxylic acids is 1. The van der Waals surface area contributed by atoms with Gasteiger partial charge in [-0.2, -0.15) is 4.31 Å². The Morgan fingerprint density at radius 3 is 2.58 bits per heavy atom. The highest BCUT2D eigenvalue weighted by molar-refractivity contribution is 14.1. The number of hydrogen-bond acceptors (Lipinski definition) is 4. The highest BCUT2D eigenvalue weighted by Gasteiger charge is 2.38. The number of carboxylic acids is 1. The van der Waals surface area contributed by atoms with E-state index in [1.807, 2.05) is 0 Å². The van der Waals surface area contributed by atoms with E-state index in [2.05, 4.69) is 22.6 Å². The van der Waals surface area contributed by atoms with Crippen LogP contribution >= 0.6 is 22.6 Å². The Balaban J connectivity index is 2.37. The lowest BCUT2D eigenvalue weighted by molar-refractivity contribution is -0.146. The monoisotopic (exact) mass is 397 g/mol. The molecule has 0 bridgehead atoms. The van der Waals surface area contributed by atoms with Crippen LogP contribution in [-0.2, 0) is 19.6 Å². The summed E-state index contributed by atoms with van der Waals surface area (Å²) in [4.78, 5) is 11.2. The summed E-state index contributed by atoms with van der Waals surface area (Å²) in [6.07, 6.45) is 0. The van der Waals surface area contributed by atoms with Crippen molar-refractivity contribution in [3.63, 3.8) is 0 Å². The largest absolute Gasteiger partial charge is 0.480 e. The van der Waals surface area contributed by atoms with E-state index in [-0.39, 0.29) is 24.7 Å². The third-order valence-corrected chi connectivity index (χ3v) is 5.43. The van der Waals surface area contributed by atoms with E-state index in [9.17, 15) is 13.2 Å². The molecule has 1 N–H and O–H groups in total. The van der Waals surface area contributed by atoms with Gasteiger partial charge >= 0.3 is 5.97 Å². The topological polar surface area (TPSA) is 83.9 Å². The Hall–Kier alpha value is -0.710. The fraction of sp³-hybridized carbons (Fsp3) is 0.364. The smallest absolute Gasteiger partial charge is 0.324 e. The van der Waals surface area contributed by atoms with Crippen LogP contribution in [0.2, 0.25) is 0 Å².